The number of ether oxygens (including phenoxy) is 2. The first-order valence-corrected chi connectivity index (χ1v) is 18.4. The highest BCUT2D eigenvalue weighted by molar-refractivity contribution is 7.99. The van der Waals surface area contributed by atoms with Gasteiger partial charge in [0, 0.05) is 50.8 Å². The number of hydrogen-bond donors (Lipinski definition) is 1. The zero-order valence-corrected chi connectivity index (χ0v) is 29.8. The van der Waals surface area contributed by atoms with Crippen molar-refractivity contribution in [2.75, 3.05) is 12.4 Å². The van der Waals surface area contributed by atoms with Crippen LogP contribution in [0.25, 0.3) is 33.1 Å². The van der Waals surface area contributed by atoms with Crippen molar-refractivity contribution in [1.29, 1.82) is 0 Å². The van der Waals surface area contributed by atoms with Crippen molar-refractivity contribution < 1.29 is 23.8 Å². The van der Waals surface area contributed by atoms with Crippen LogP contribution < -0.4 is 9.47 Å². The van der Waals surface area contributed by atoms with Crippen LogP contribution in [0.4, 0.5) is 4.39 Å². The normalized spacial score (nSPS) is 11.8. The maximum absolute atomic E-state index is 13.7. The van der Waals surface area contributed by atoms with Gasteiger partial charge in [-0.25, -0.2) is 14.4 Å². The fraction of sp³-hybridized carbons (Fsp3) is 0.308. The van der Waals surface area contributed by atoms with Crippen LogP contribution >= 0.6 is 23.1 Å². The van der Waals surface area contributed by atoms with Crippen molar-refractivity contribution in [2.24, 2.45) is 5.41 Å². The SMILES string of the molecule is CCCCSc1c(CC(C)(C)C(=O)O)n(Cc2ccc(-c3csc(OCC)n3)cc2)c2ccc(OCc3ccc4cc(F)ccc4n3)cc12. The first-order valence-electron chi connectivity index (χ1n) is 16.5. The van der Waals surface area contributed by atoms with E-state index in [2.05, 4.69) is 57.9 Å². The molecule has 6 aromatic rings. The average Bonchev–Trinajstić information content (AvgIpc) is 3.66. The Morgan fingerprint density at radius 2 is 1.82 bits per heavy atom. The van der Waals surface area contributed by atoms with Gasteiger partial charge in [-0.3, -0.25) is 4.79 Å². The summed E-state index contributed by atoms with van der Waals surface area (Å²) in [6.45, 7) is 9.12. The zero-order valence-electron chi connectivity index (χ0n) is 28.2. The molecule has 0 spiro atoms. The largest absolute Gasteiger partial charge is 0.487 e. The molecule has 1 N–H and O–H groups in total. The highest BCUT2D eigenvalue weighted by Gasteiger charge is 2.31. The van der Waals surface area contributed by atoms with Gasteiger partial charge in [0.25, 0.3) is 5.19 Å². The van der Waals surface area contributed by atoms with Crippen molar-refractivity contribution in [1.82, 2.24) is 14.5 Å². The Balaban J connectivity index is 1.35. The van der Waals surface area contributed by atoms with E-state index in [1.807, 2.05) is 30.5 Å². The van der Waals surface area contributed by atoms with E-state index in [0.717, 1.165) is 68.0 Å². The minimum absolute atomic E-state index is 0.258. The molecule has 0 fully saturated rings. The third kappa shape index (κ3) is 7.92. The molecule has 0 atom stereocenters. The summed E-state index contributed by atoms with van der Waals surface area (Å²) in [6, 6.07) is 22.7. The van der Waals surface area contributed by atoms with E-state index in [1.54, 1.807) is 31.7 Å². The van der Waals surface area contributed by atoms with Crippen molar-refractivity contribution in [3.8, 4) is 22.2 Å². The van der Waals surface area contributed by atoms with Crippen LogP contribution in [0.5, 0.6) is 10.9 Å². The van der Waals surface area contributed by atoms with Crippen LogP contribution in [0, 0.1) is 11.2 Å². The van der Waals surface area contributed by atoms with Gasteiger partial charge in [0.15, 0.2) is 0 Å². The molecule has 10 heteroatoms. The lowest BCUT2D eigenvalue weighted by molar-refractivity contribution is -0.146. The Kier molecular flexibility index (Phi) is 10.6. The third-order valence-corrected chi connectivity index (χ3v) is 10.4. The predicted molar refractivity (Wildman–Crippen MR) is 197 cm³/mol. The van der Waals surface area contributed by atoms with E-state index in [1.165, 1.54) is 23.5 Å². The second-order valence-electron chi connectivity index (χ2n) is 12.7. The Morgan fingerprint density at radius 3 is 2.57 bits per heavy atom. The molecule has 6 rings (SSSR count). The third-order valence-electron chi connectivity index (χ3n) is 8.46. The topological polar surface area (TPSA) is 86.5 Å². The lowest BCUT2D eigenvalue weighted by Gasteiger charge is -2.22. The summed E-state index contributed by atoms with van der Waals surface area (Å²) in [6.07, 6.45) is 2.50. The fourth-order valence-electron chi connectivity index (χ4n) is 5.70. The number of thiazole rings is 1. The van der Waals surface area contributed by atoms with Gasteiger partial charge in [-0.05, 0) is 81.0 Å². The molecule has 0 unspecified atom stereocenters. The number of carbonyl (C=O) groups is 1. The molecule has 3 heterocycles. The molecule has 0 radical (unpaired) electrons. The Morgan fingerprint density at radius 1 is 1.00 bits per heavy atom. The predicted octanol–water partition coefficient (Wildman–Crippen LogP) is 10.0. The molecule has 7 nitrogen and oxygen atoms in total. The number of fused-ring (bicyclic) bond motifs is 2. The van der Waals surface area contributed by atoms with Crippen LogP contribution in [0.3, 0.4) is 0 Å². The highest BCUT2D eigenvalue weighted by atomic mass is 32.2. The van der Waals surface area contributed by atoms with Gasteiger partial charge in [-0.2, -0.15) is 0 Å². The molecule has 0 bridgehead atoms. The minimum atomic E-state index is -0.969. The molecule has 0 aliphatic heterocycles. The summed E-state index contributed by atoms with van der Waals surface area (Å²) >= 11 is 3.27. The van der Waals surface area contributed by atoms with Gasteiger partial charge < -0.3 is 19.1 Å². The average molecular weight is 698 g/mol. The van der Waals surface area contributed by atoms with Gasteiger partial charge in [-0.15, -0.1) is 11.8 Å². The molecule has 0 saturated carbocycles. The Bertz CT molecular complexity index is 2090. The van der Waals surface area contributed by atoms with Crippen LogP contribution in [-0.2, 0) is 24.4 Å². The van der Waals surface area contributed by atoms with Gasteiger partial charge in [0.1, 0.15) is 18.2 Å². The first kappa shape index (κ1) is 34.5. The van der Waals surface area contributed by atoms with Crippen LogP contribution in [0.1, 0.15) is 57.5 Å². The number of pyridine rings is 1. The number of carboxylic acid groups (broad SMARTS) is 1. The lowest BCUT2D eigenvalue weighted by atomic mass is 9.88. The molecule has 0 amide bonds. The fourth-order valence-corrected chi connectivity index (χ4v) is 7.74. The number of halogens is 1. The number of aromatic nitrogens is 3. The number of unbranched alkanes of at least 4 members (excludes halogenated alkanes) is 1. The van der Waals surface area contributed by atoms with E-state index >= 15 is 0 Å². The maximum Gasteiger partial charge on any atom is 0.309 e. The summed E-state index contributed by atoms with van der Waals surface area (Å²) in [5.74, 6) is 0.504. The molecular formula is C39H40FN3O4S2. The van der Waals surface area contributed by atoms with Crippen LogP contribution in [0.2, 0.25) is 0 Å². The lowest BCUT2D eigenvalue weighted by Crippen LogP contribution is -2.27. The monoisotopic (exact) mass is 697 g/mol. The molecule has 0 aliphatic carbocycles. The molecule has 3 aromatic heterocycles. The van der Waals surface area contributed by atoms with E-state index in [0.29, 0.717) is 36.0 Å². The number of aliphatic carboxylic acids is 1. The quantitative estimate of drug-likeness (QED) is 0.0844. The maximum atomic E-state index is 13.7. The molecule has 254 valence electrons. The molecule has 0 saturated heterocycles. The number of hydrogen-bond acceptors (Lipinski definition) is 7. The summed E-state index contributed by atoms with van der Waals surface area (Å²) < 4.78 is 27.8. The standard InChI is InChI=1S/C39H40FN3O4S2/c1-5-7-18-48-36-31-20-30(47-23-29-14-12-27-19-28(40)13-16-32(27)41-29)15-17-34(31)43(35(36)21-39(3,4)37(44)45)22-25-8-10-26(11-9-25)33-24-49-38(42-33)46-6-2/h8-17,19-20,24H,5-7,18,21-23H2,1-4H3,(H,44,45). The van der Waals surface area contributed by atoms with E-state index in [4.69, 9.17) is 9.47 Å². The summed E-state index contributed by atoms with van der Waals surface area (Å²) in [5, 5.41) is 14.6. The van der Waals surface area contributed by atoms with Crippen molar-refractivity contribution in [3.63, 3.8) is 0 Å². The van der Waals surface area contributed by atoms with Crippen LogP contribution in [-0.4, -0.2) is 38.0 Å². The number of nitrogens with zero attached hydrogens (tertiary/aromatic N) is 3. The van der Waals surface area contributed by atoms with Gasteiger partial charge in [0.2, 0.25) is 0 Å². The smallest absolute Gasteiger partial charge is 0.309 e. The number of benzene rings is 3. The summed E-state index contributed by atoms with van der Waals surface area (Å²) in [4.78, 5) is 22.7. The molecule has 0 aliphatic rings. The highest BCUT2D eigenvalue weighted by Crippen LogP contribution is 2.40. The molecular weight excluding hydrogens is 658 g/mol. The van der Waals surface area contributed by atoms with Gasteiger partial charge in [-0.1, -0.05) is 55.0 Å². The first-order chi connectivity index (χ1) is 23.6. The Hall–Kier alpha value is -4.41. The van der Waals surface area contributed by atoms with Crippen molar-refractivity contribution >= 4 is 50.9 Å². The van der Waals surface area contributed by atoms with Crippen molar-refractivity contribution in [2.45, 2.75) is 65.0 Å². The second-order valence-corrected chi connectivity index (χ2v) is 14.6. The second kappa shape index (κ2) is 15.0. The molecule has 49 heavy (non-hydrogen) atoms. The van der Waals surface area contributed by atoms with E-state index in [-0.39, 0.29) is 12.4 Å². The van der Waals surface area contributed by atoms with Crippen LogP contribution in [0.15, 0.2) is 83.1 Å². The molecule has 3 aromatic carbocycles. The summed E-state index contributed by atoms with van der Waals surface area (Å²) in [7, 11) is 0. The number of thioether (sulfide) groups is 1. The minimum Gasteiger partial charge on any atom is -0.487 e. The van der Waals surface area contributed by atoms with Crippen molar-refractivity contribution in [3.05, 3.63) is 101 Å². The number of carboxylic acids is 1. The zero-order chi connectivity index (χ0) is 34.5. The van der Waals surface area contributed by atoms with Gasteiger partial charge >= 0.3 is 5.97 Å². The van der Waals surface area contributed by atoms with Gasteiger partial charge in [0.05, 0.1) is 28.9 Å². The number of rotatable bonds is 15. The summed E-state index contributed by atoms with van der Waals surface area (Å²) in [5.41, 5.74) is 5.52. The van der Waals surface area contributed by atoms with E-state index < -0.39 is 11.4 Å². The Labute approximate surface area is 294 Å². The van der Waals surface area contributed by atoms with E-state index in [9.17, 15) is 14.3 Å².